The number of hydrogen-bond donors (Lipinski definition) is 4. The lowest BCUT2D eigenvalue weighted by Crippen LogP contribution is -2.46. The molecule has 5 aromatic rings. The summed E-state index contributed by atoms with van der Waals surface area (Å²) in [4.78, 5) is 67.7. The Morgan fingerprint density at radius 3 is 1.70 bits per heavy atom. The molecule has 0 aromatic heterocycles. The number of hydrogen-bond acceptors (Lipinski definition) is 7. The summed E-state index contributed by atoms with van der Waals surface area (Å²) < 4.78 is 6.07. The van der Waals surface area contributed by atoms with Crippen LogP contribution in [-0.2, 0) is 19.2 Å². The number of carbonyl (C=O) groups is 5. The minimum absolute atomic E-state index is 0.0404. The van der Waals surface area contributed by atoms with Crippen LogP contribution < -0.4 is 35.8 Å². The molecule has 0 aliphatic carbocycles. The number of rotatable bonds is 13. The average molecular weight is 863 g/mol. The summed E-state index contributed by atoms with van der Waals surface area (Å²) in [5.74, 6) is 0.325. The van der Waals surface area contributed by atoms with E-state index in [0.717, 1.165) is 63.4 Å². The molecule has 2 aliphatic rings. The van der Waals surface area contributed by atoms with Crippen LogP contribution in [0.3, 0.4) is 0 Å². The van der Waals surface area contributed by atoms with Crippen LogP contribution in [0.15, 0.2) is 109 Å². The second kappa shape index (κ2) is 19.7. The van der Waals surface area contributed by atoms with Gasteiger partial charge in [-0.25, -0.2) is 0 Å². The predicted molar refractivity (Wildman–Crippen MR) is 254 cm³/mol. The smallest absolute Gasteiger partial charge is 0.251 e. The predicted octanol–water partition coefficient (Wildman–Crippen LogP) is 9.43. The van der Waals surface area contributed by atoms with Crippen molar-refractivity contribution in [2.24, 2.45) is 5.92 Å². The fourth-order valence-electron chi connectivity index (χ4n) is 8.94. The number of benzene rings is 5. The first-order valence-electron chi connectivity index (χ1n) is 22.1. The van der Waals surface area contributed by atoms with Crippen molar-refractivity contribution < 1.29 is 28.7 Å². The van der Waals surface area contributed by atoms with Crippen LogP contribution in [0.1, 0.15) is 101 Å². The highest BCUT2D eigenvalue weighted by atomic mass is 16.5. The van der Waals surface area contributed by atoms with E-state index in [1.807, 2.05) is 90.7 Å². The van der Waals surface area contributed by atoms with E-state index in [2.05, 4.69) is 48.1 Å². The molecule has 0 spiro atoms. The van der Waals surface area contributed by atoms with Gasteiger partial charge in [-0.1, -0.05) is 50.2 Å². The first-order valence-corrected chi connectivity index (χ1v) is 22.1. The zero-order valence-electron chi connectivity index (χ0n) is 37.7. The molecule has 0 saturated carbocycles. The van der Waals surface area contributed by atoms with Crippen molar-refractivity contribution >= 4 is 52.3 Å². The molecule has 0 saturated heterocycles. The van der Waals surface area contributed by atoms with Gasteiger partial charge in [0.25, 0.3) is 5.91 Å². The Morgan fingerprint density at radius 1 is 0.641 bits per heavy atom. The molecule has 332 valence electrons. The molecule has 4 N–H and O–H groups in total. The molecule has 2 aliphatic heterocycles. The number of fused-ring (bicyclic) bond motifs is 2. The third kappa shape index (κ3) is 10.5. The SMILES string of the molecule is CC(=O)Nc1cccc(-c2ccc3c(c2)[C@H](NC(=O)c2ccc(OCCC(=O)N4c5ccc(-c6cccc(NC(C)=O)c6)cc5[C@H](NCC(C)C)C[C@@H]4C)cc2)C[C@H](C)N3C(C)=O)c1. The van der Waals surface area contributed by atoms with Gasteiger partial charge >= 0.3 is 0 Å². The standard InChI is InChI=1S/C52H58N6O6/c1-31(2)30-53-47-24-33(4)58(50-21-17-40(28-45(47)50)38-10-8-12-42(26-38)54-34(5)59)51(62)22-23-64-44-18-14-37(15-19-44)52(63)56-48-25-32(3)57(36(7)61)49-20-16-41(29-46(48)49)39-11-9-13-43(27-39)55-35(6)60/h8-21,26-29,31-33,47-48,53H,22-25,30H2,1-7H3,(H,54,59)(H,55,60)(H,56,63)/t32-,33-,47+,48+/m0/s1. The summed E-state index contributed by atoms with van der Waals surface area (Å²) in [6.45, 7) is 13.9. The largest absolute Gasteiger partial charge is 0.493 e. The van der Waals surface area contributed by atoms with Crippen LogP contribution in [0, 0.1) is 5.92 Å². The van der Waals surface area contributed by atoms with E-state index in [4.69, 9.17) is 4.74 Å². The third-order valence-electron chi connectivity index (χ3n) is 11.8. The molecule has 64 heavy (non-hydrogen) atoms. The van der Waals surface area contributed by atoms with Gasteiger partial charge in [0.1, 0.15) is 5.75 Å². The first-order chi connectivity index (χ1) is 30.6. The minimum atomic E-state index is -0.370. The molecule has 4 atom stereocenters. The van der Waals surface area contributed by atoms with Crippen molar-refractivity contribution in [3.8, 4) is 28.0 Å². The number of carbonyl (C=O) groups excluding carboxylic acids is 5. The van der Waals surface area contributed by atoms with Gasteiger partial charge in [0.15, 0.2) is 0 Å². The zero-order valence-corrected chi connectivity index (χ0v) is 37.7. The normalized spacial score (nSPS) is 17.8. The number of anilines is 4. The van der Waals surface area contributed by atoms with Gasteiger partial charge in [-0.3, -0.25) is 24.0 Å². The van der Waals surface area contributed by atoms with Crippen LogP contribution in [0.2, 0.25) is 0 Å². The highest BCUT2D eigenvalue weighted by Gasteiger charge is 2.35. The first kappa shape index (κ1) is 45.2. The van der Waals surface area contributed by atoms with Crippen LogP contribution in [0.5, 0.6) is 5.75 Å². The number of nitrogens with one attached hydrogen (secondary N) is 4. The van der Waals surface area contributed by atoms with Gasteiger partial charge in [-0.15, -0.1) is 0 Å². The number of ether oxygens (including phenoxy) is 1. The average Bonchev–Trinajstić information content (AvgIpc) is 3.25. The molecular formula is C52H58N6O6. The topological polar surface area (TPSA) is 149 Å². The van der Waals surface area contributed by atoms with Crippen molar-refractivity contribution in [1.29, 1.82) is 0 Å². The van der Waals surface area contributed by atoms with Gasteiger partial charge in [-0.05, 0) is 145 Å². The van der Waals surface area contributed by atoms with Crippen molar-refractivity contribution in [3.63, 3.8) is 0 Å². The van der Waals surface area contributed by atoms with E-state index in [9.17, 15) is 24.0 Å². The van der Waals surface area contributed by atoms with Gasteiger partial charge in [0, 0.05) is 67.2 Å². The van der Waals surface area contributed by atoms with E-state index in [1.165, 1.54) is 13.8 Å². The van der Waals surface area contributed by atoms with E-state index in [0.29, 0.717) is 29.3 Å². The van der Waals surface area contributed by atoms with Gasteiger partial charge < -0.3 is 35.8 Å². The summed E-state index contributed by atoms with van der Waals surface area (Å²) in [7, 11) is 0. The van der Waals surface area contributed by atoms with Gasteiger partial charge in [0.2, 0.25) is 23.6 Å². The lowest BCUT2D eigenvalue weighted by Gasteiger charge is -2.40. The fraction of sp³-hybridized carbons (Fsp3) is 0.327. The molecule has 0 radical (unpaired) electrons. The van der Waals surface area contributed by atoms with Crippen molar-refractivity contribution in [2.45, 2.75) is 91.9 Å². The molecule has 5 aromatic carbocycles. The summed E-state index contributed by atoms with van der Waals surface area (Å²) in [6, 6.07) is 33.8. The lowest BCUT2D eigenvalue weighted by molar-refractivity contribution is -0.120. The van der Waals surface area contributed by atoms with Crippen molar-refractivity contribution in [2.75, 3.05) is 33.6 Å². The third-order valence-corrected chi connectivity index (χ3v) is 11.8. The van der Waals surface area contributed by atoms with Crippen LogP contribution in [0.4, 0.5) is 22.7 Å². The number of nitrogens with zero attached hydrogens (tertiary/aromatic N) is 2. The Bertz CT molecular complexity index is 2550. The quantitative estimate of drug-likeness (QED) is 0.0922. The maximum atomic E-state index is 14.0. The molecule has 0 fully saturated rings. The summed E-state index contributed by atoms with van der Waals surface area (Å²) in [6.07, 6.45) is 1.43. The Kier molecular flexibility index (Phi) is 13.9. The zero-order chi connectivity index (χ0) is 45.7. The van der Waals surface area contributed by atoms with Crippen molar-refractivity contribution in [3.05, 3.63) is 126 Å². The summed E-state index contributed by atoms with van der Waals surface area (Å²) >= 11 is 0. The van der Waals surface area contributed by atoms with E-state index in [-0.39, 0.29) is 66.7 Å². The van der Waals surface area contributed by atoms with E-state index < -0.39 is 0 Å². The molecule has 0 bridgehead atoms. The Labute approximate surface area is 375 Å². The fourth-order valence-corrected chi connectivity index (χ4v) is 8.94. The van der Waals surface area contributed by atoms with Gasteiger partial charge in [0.05, 0.1) is 19.1 Å². The molecule has 2 heterocycles. The molecular weight excluding hydrogens is 805 g/mol. The van der Waals surface area contributed by atoms with E-state index >= 15 is 0 Å². The monoisotopic (exact) mass is 862 g/mol. The Hall–Kier alpha value is -6.79. The van der Waals surface area contributed by atoms with Crippen molar-refractivity contribution in [1.82, 2.24) is 10.6 Å². The second-order valence-corrected chi connectivity index (χ2v) is 17.4. The maximum Gasteiger partial charge on any atom is 0.251 e. The number of amides is 5. The van der Waals surface area contributed by atoms with Gasteiger partial charge in [-0.2, -0.15) is 0 Å². The second-order valence-electron chi connectivity index (χ2n) is 17.4. The molecule has 12 heteroatoms. The molecule has 0 unspecified atom stereocenters. The molecule has 12 nitrogen and oxygen atoms in total. The highest BCUT2D eigenvalue weighted by Crippen LogP contribution is 2.42. The van der Waals surface area contributed by atoms with E-state index in [1.54, 1.807) is 36.1 Å². The maximum absolute atomic E-state index is 14.0. The van der Waals surface area contributed by atoms with Crippen LogP contribution in [-0.4, -0.2) is 54.8 Å². The Balaban J connectivity index is 1.02. The molecule has 7 rings (SSSR count). The lowest BCUT2D eigenvalue weighted by atomic mass is 9.88. The highest BCUT2D eigenvalue weighted by molar-refractivity contribution is 5.98. The minimum Gasteiger partial charge on any atom is -0.493 e. The summed E-state index contributed by atoms with van der Waals surface area (Å²) in [5.41, 5.74) is 9.11. The summed E-state index contributed by atoms with van der Waals surface area (Å²) in [5, 5.41) is 12.7. The Morgan fingerprint density at radius 2 is 1.16 bits per heavy atom. The molecule has 5 amide bonds. The van der Waals surface area contributed by atoms with Crippen LogP contribution in [0.25, 0.3) is 22.3 Å². The van der Waals surface area contributed by atoms with Crippen LogP contribution >= 0.6 is 0 Å².